The predicted octanol–water partition coefficient (Wildman–Crippen LogP) is 4.96. The SMILES string of the molecule is C=CC(=O)N1C[C@H](C)N(c2nc(OCCc3cncnc3)nc3c(F)c(-c4c(O)cccc4F)c(Cl)cc23)C[C@H]1C. The molecule has 9 nitrogen and oxygen atoms in total. The molecule has 2 aromatic carbocycles. The quantitative estimate of drug-likeness (QED) is 0.306. The summed E-state index contributed by atoms with van der Waals surface area (Å²) in [5.74, 6) is -2.08. The number of hydrogen-bond acceptors (Lipinski definition) is 8. The van der Waals surface area contributed by atoms with Crippen LogP contribution in [0.15, 0.2) is 55.6 Å². The highest BCUT2D eigenvalue weighted by Crippen LogP contribution is 2.43. The van der Waals surface area contributed by atoms with Crippen molar-refractivity contribution in [2.75, 3.05) is 24.6 Å². The first-order valence-electron chi connectivity index (χ1n) is 12.9. The summed E-state index contributed by atoms with van der Waals surface area (Å²) in [4.78, 5) is 33.0. The van der Waals surface area contributed by atoms with E-state index in [0.29, 0.717) is 25.3 Å². The van der Waals surface area contributed by atoms with Crippen LogP contribution in [-0.4, -0.2) is 67.6 Å². The summed E-state index contributed by atoms with van der Waals surface area (Å²) in [7, 11) is 0. The van der Waals surface area contributed by atoms with Crippen LogP contribution in [0.25, 0.3) is 22.0 Å². The second-order valence-corrected chi connectivity index (χ2v) is 10.2. The van der Waals surface area contributed by atoms with Gasteiger partial charge in [-0.05, 0) is 43.7 Å². The Morgan fingerprint density at radius 3 is 2.63 bits per heavy atom. The molecular weight excluding hydrogens is 554 g/mol. The first-order chi connectivity index (χ1) is 19.7. The highest BCUT2D eigenvalue weighted by atomic mass is 35.5. The minimum atomic E-state index is -0.931. The maximum Gasteiger partial charge on any atom is 0.319 e. The van der Waals surface area contributed by atoms with Crippen LogP contribution in [0.3, 0.4) is 0 Å². The van der Waals surface area contributed by atoms with Crippen molar-refractivity contribution in [3.63, 3.8) is 0 Å². The zero-order valence-electron chi connectivity index (χ0n) is 22.4. The summed E-state index contributed by atoms with van der Waals surface area (Å²) < 4.78 is 36.9. The minimum Gasteiger partial charge on any atom is -0.507 e. The van der Waals surface area contributed by atoms with Crippen molar-refractivity contribution < 1.29 is 23.4 Å². The van der Waals surface area contributed by atoms with Gasteiger partial charge in [-0.2, -0.15) is 9.97 Å². The molecule has 0 saturated carbocycles. The number of carbonyl (C=O) groups is 1. The summed E-state index contributed by atoms with van der Waals surface area (Å²) in [5.41, 5.74) is -0.0226. The first-order valence-corrected chi connectivity index (χ1v) is 13.3. The maximum atomic E-state index is 16.3. The molecule has 41 heavy (non-hydrogen) atoms. The van der Waals surface area contributed by atoms with E-state index in [0.717, 1.165) is 11.6 Å². The highest BCUT2D eigenvalue weighted by Gasteiger charge is 2.34. The van der Waals surface area contributed by atoms with Crippen LogP contribution in [0.2, 0.25) is 5.02 Å². The van der Waals surface area contributed by atoms with Crippen LogP contribution in [-0.2, 0) is 11.2 Å². The molecule has 1 N–H and O–H groups in total. The third-order valence-electron chi connectivity index (χ3n) is 7.04. The third-order valence-corrected chi connectivity index (χ3v) is 7.33. The van der Waals surface area contributed by atoms with Gasteiger partial charge in [-0.15, -0.1) is 0 Å². The number of phenolic OH excluding ortho intramolecular Hbond substituents is 1. The zero-order chi connectivity index (χ0) is 29.3. The molecule has 0 bridgehead atoms. The Labute approximate surface area is 240 Å². The van der Waals surface area contributed by atoms with Gasteiger partial charge >= 0.3 is 6.01 Å². The second-order valence-electron chi connectivity index (χ2n) is 9.80. The number of ether oxygens (including phenoxy) is 1. The normalized spacial score (nSPS) is 17.1. The fourth-order valence-electron chi connectivity index (χ4n) is 5.00. The molecule has 1 aliphatic rings. The van der Waals surface area contributed by atoms with Gasteiger partial charge in [-0.25, -0.2) is 18.7 Å². The Hall–Kier alpha value is -4.38. The first kappa shape index (κ1) is 28.2. The van der Waals surface area contributed by atoms with Crippen LogP contribution < -0.4 is 9.64 Å². The number of rotatable bonds is 7. The average Bonchev–Trinajstić information content (AvgIpc) is 2.95. The van der Waals surface area contributed by atoms with E-state index in [-0.39, 0.29) is 57.7 Å². The molecule has 1 aliphatic heterocycles. The number of hydrogen-bond donors (Lipinski definition) is 1. The molecule has 1 fully saturated rings. The highest BCUT2D eigenvalue weighted by molar-refractivity contribution is 6.34. The average molecular weight is 581 g/mol. The molecular formula is C29H27ClF2N6O3. The fourth-order valence-corrected chi connectivity index (χ4v) is 5.28. The summed E-state index contributed by atoms with van der Waals surface area (Å²) >= 11 is 6.54. The van der Waals surface area contributed by atoms with E-state index < -0.39 is 17.4 Å². The third kappa shape index (κ3) is 5.49. The molecule has 12 heteroatoms. The monoisotopic (exact) mass is 580 g/mol. The summed E-state index contributed by atoms with van der Waals surface area (Å²) in [5, 5.41) is 10.5. The van der Waals surface area contributed by atoms with Crippen molar-refractivity contribution in [1.82, 2.24) is 24.8 Å². The van der Waals surface area contributed by atoms with E-state index in [2.05, 4.69) is 26.5 Å². The number of aromatic hydroxyl groups is 1. The van der Waals surface area contributed by atoms with Crippen molar-refractivity contribution in [3.8, 4) is 22.9 Å². The molecule has 0 aliphatic carbocycles. The number of halogens is 3. The lowest BCUT2D eigenvalue weighted by Gasteiger charge is -2.44. The van der Waals surface area contributed by atoms with Crippen molar-refractivity contribution in [1.29, 1.82) is 0 Å². The standard InChI is InChI=1S/C29H27ClF2N6O3/c1-4-23(40)37-13-17(3)38(14-16(37)2)28-19-10-20(30)24(25-21(31)6-5-7-22(25)39)26(32)27(19)35-29(36-28)41-9-8-18-11-33-15-34-12-18/h4-7,10-12,15-17,39H,1,8-9,13-14H2,2-3H3/t16-,17+/m1/s1. The van der Waals surface area contributed by atoms with E-state index in [1.807, 2.05) is 18.7 Å². The van der Waals surface area contributed by atoms with Gasteiger partial charge in [0.2, 0.25) is 5.91 Å². The number of piperazine rings is 1. The Bertz CT molecular complexity index is 1600. The van der Waals surface area contributed by atoms with Gasteiger partial charge in [-0.1, -0.05) is 24.2 Å². The van der Waals surface area contributed by atoms with Gasteiger partial charge in [0.25, 0.3) is 0 Å². The van der Waals surface area contributed by atoms with Crippen LogP contribution >= 0.6 is 11.6 Å². The molecule has 212 valence electrons. The van der Waals surface area contributed by atoms with Gasteiger partial charge in [0.15, 0.2) is 5.82 Å². The molecule has 5 rings (SSSR count). The minimum absolute atomic E-state index is 0.0984. The molecule has 3 heterocycles. The van der Waals surface area contributed by atoms with Crippen LogP contribution in [0.1, 0.15) is 19.4 Å². The number of amides is 1. The van der Waals surface area contributed by atoms with Crippen LogP contribution in [0, 0.1) is 11.6 Å². The van der Waals surface area contributed by atoms with Gasteiger partial charge < -0.3 is 19.6 Å². The topological polar surface area (TPSA) is 105 Å². The van der Waals surface area contributed by atoms with E-state index >= 15 is 4.39 Å². The Kier molecular flexibility index (Phi) is 7.98. The van der Waals surface area contributed by atoms with Crippen molar-refractivity contribution >= 4 is 34.2 Å². The fraction of sp³-hybridized carbons (Fsp3) is 0.276. The predicted molar refractivity (Wildman–Crippen MR) is 151 cm³/mol. The zero-order valence-corrected chi connectivity index (χ0v) is 23.1. The molecule has 1 saturated heterocycles. The van der Waals surface area contributed by atoms with E-state index in [4.69, 9.17) is 16.3 Å². The lowest BCUT2D eigenvalue weighted by atomic mass is 10.0. The smallest absolute Gasteiger partial charge is 0.319 e. The van der Waals surface area contributed by atoms with Crippen molar-refractivity contribution in [2.45, 2.75) is 32.4 Å². The molecule has 2 aromatic heterocycles. The lowest BCUT2D eigenvalue weighted by molar-refractivity contribution is -0.128. The van der Waals surface area contributed by atoms with Crippen molar-refractivity contribution in [2.24, 2.45) is 0 Å². The van der Waals surface area contributed by atoms with Gasteiger partial charge in [-0.3, -0.25) is 4.79 Å². The number of carbonyl (C=O) groups excluding carboxylic acids is 1. The van der Waals surface area contributed by atoms with Gasteiger partial charge in [0.05, 0.1) is 17.2 Å². The summed E-state index contributed by atoms with van der Waals surface area (Å²) in [6.45, 7) is 8.31. The number of nitrogens with zero attached hydrogens (tertiary/aromatic N) is 6. The van der Waals surface area contributed by atoms with Crippen LogP contribution in [0.4, 0.5) is 14.6 Å². The number of fused-ring (bicyclic) bond motifs is 1. The second kappa shape index (κ2) is 11.6. The Balaban J connectivity index is 1.62. The largest absolute Gasteiger partial charge is 0.507 e. The lowest BCUT2D eigenvalue weighted by Crippen LogP contribution is -2.58. The summed E-state index contributed by atoms with van der Waals surface area (Å²) in [6.07, 6.45) is 6.46. The molecule has 0 spiro atoms. The van der Waals surface area contributed by atoms with Gasteiger partial charge in [0.1, 0.15) is 29.2 Å². The van der Waals surface area contributed by atoms with E-state index in [9.17, 15) is 14.3 Å². The molecule has 1 amide bonds. The van der Waals surface area contributed by atoms with E-state index in [1.165, 1.54) is 30.6 Å². The van der Waals surface area contributed by atoms with E-state index in [1.54, 1.807) is 17.3 Å². The van der Waals surface area contributed by atoms with Crippen molar-refractivity contribution in [3.05, 3.63) is 77.9 Å². The maximum absolute atomic E-state index is 16.3. The number of aromatic nitrogens is 4. The molecule has 0 radical (unpaired) electrons. The Morgan fingerprint density at radius 2 is 1.93 bits per heavy atom. The van der Waals surface area contributed by atoms with Gasteiger partial charge in [0, 0.05) is 54.9 Å². The summed E-state index contributed by atoms with van der Waals surface area (Å²) in [6, 6.07) is 4.59. The molecule has 4 aromatic rings. The Morgan fingerprint density at radius 1 is 1.17 bits per heavy atom. The molecule has 0 unspecified atom stereocenters. The molecule has 2 atom stereocenters. The van der Waals surface area contributed by atoms with Crippen LogP contribution in [0.5, 0.6) is 11.8 Å². The number of anilines is 1. The number of benzene rings is 2. The number of phenols is 1.